The first-order chi connectivity index (χ1) is 18.4. The molecule has 3 aromatic carbocycles. The fourth-order valence-corrected chi connectivity index (χ4v) is 4.76. The van der Waals surface area contributed by atoms with Crippen LogP contribution in [0.15, 0.2) is 91.6 Å². The minimum absolute atomic E-state index is 0.415. The van der Waals surface area contributed by atoms with Crippen LogP contribution in [0, 0.1) is 0 Å². The molecule has 5 nitrogen and oxygen atoms in total. The van der Waals surface area contributed by atoms with E-state index in [4.69, 9.17) is 4.74 Å². The number of benzene rings is 3. The monoisotopic (exact) mass is 512 g/mol. The third-order valence-electron chi connectivity index (χ3n) is 6.74. The zero-order valence-corrected chi connectivity index (χ0v) is 23.2. The maximum absolute atomic E-state index is 12.8. The topological polar surface area (TPSA) is 54.8 Å². The Morgan fingerprint density at radius 3 is 2.29 bits per heavy atom. The van der Waals surface area contributed by atoms with E-state index < -0.39 is 11.5 Å². The summed E-state index contributed by atoms with van der Waals surface area (Å²) in [6, 6.07) is 26.6. The van der Waals surface area contributed by atoms with E-state index in [0.29, 0.717) is 18.8 Å². The summed E-state index contributed by atoms with van der Waals surface area (Å²) in [5.74, 6) is 0.0878. The molecule has 0 spiro atoms. The van der Waals surface area contributed by atoms with Crippen LogP contribution < -0.4 is 4.74 Å². The molecule has 0 fully saturated rings. The molecular weight excluding hydrogens is 472 g/mol. The van der Waals surface area contributed by atoms with E-state index in [1.54, 1.807) is 26.5 Å². The normalized spacial score (nSPS) is 13.3. The third-order valence-corrected chi connectivity index (χ3v) is 6.74. The zero-order valence-electron chi connectivity index (χ0n) is 23.2. The molecule has 0 bridgehead atoms. The van der Waals surface area contributed by atoms with Crippen molar-refractivity contribution in [3.63, 3.8) is 0 Å². The van der Waals surface area contributed by atoms with Crippen molar-refractivity contribution in [1.29, 1.82) is 0 Å². The Morgan fingerprint density at radius 1 is 1.00 bits per heavy atom. The molecule has 1 aromatic heterocycles. The van der Waals surface area contributed by atoms with Gasteiger partial charge in [-0.3, -0.25) is 0 Å². The molecule has 2 atom stereocenters. The van der Waals surface area contributed by atoms with Crippen LogP contribution >= 0.6 is 0 Å². The largest absolute Gasteiger partial charge is 0.481 e. The van der Waals surface area contributed by atoms with Crippen molar-refractivity contribution in [1.82, 2.24) is 9.88 Å². The Bertz CT molecular complexity index is 1300. The van der Waals surface area contributed by atoms with Crippen LogP contribution in [-0.4, -0.2) is 56.5 Å². The number of hydrogen-bond donors (Lipinski definition) is 1. The van der Waals surface area contributed by atoms with Crippen molar-refractivity contribution < 1.29 is 14.6 Å². The van der Waals surface area contributed by atoms with Gasteiger partial charge in [-0.05, 0) is 61.0 Å². The number of pyridine rings is 1. The third kappa shape index (κ3) is 6.67. The summed E-state index contributed by atoms with van der Waals surface area (Å²) in [5.41, 5.74) is 2.37. The standard InChI is InChI=1S/C30H32N2O2.C3H8O/c1-5-22-20-26(29(34-4)31-21-22)28(24-13-7-6-8-14-24)30(33,18-19-32(2)3)27-17-11-15-23-12-9-10-16-25(23)27;1-3-4-2/h5-17,20-21,28,33H,1,18-19H2,2-4H3;3H2,1-2H3. The summed E-state index contributed by atoms with van der Waals surface area (Å²) in [4.78, 5) is 6.67. The maximum atomic E-state index is 12.8. The molecule has 0 aliphatic rings. The van der Waals surface area contributed by atoms with E-state index in [1.807, 2.05) is 69.6 Å². The Morgan fingerprint density at radius 2 is 1.66 bits per heavy atom. The van der Waals surface area contributed by atoms with Gasteiger partial charge in [0.15, 0.2) is 0 Å². The maximum Gasteiger partial charge on any atom is 0.217 e. The predicted molar refractivity (Wildman–Crippen MR) is 158 cm³/mol. The van der Waals surface area contributed by atoms with Gasteiger partial charge in [0.1, 0.15) is 5.60 Å². The second-order valence-electron chi connectivity index (χ2n) is 9.50. The Hall–Kier alpha value is -3.51. The number of fused-ring (bicyclic) bond motifs is 1. The second-order valence-corrected chi connectivity index (χ2v) is 9.50. The first-order valence-corrected chi connectivity index (χ1v) is 12.9. The molecule has 5 heteroatoms. The van der Waals surface area contributed by atoms with Crippen LogP contribution in [0.25, 0.3) is 16.8 Å². The lowest BCUT2D eigenvalue weighted by Crippen LogP contribution is -2.38. The van der Waals surface area contributed by atoms with Crippen molar-refractivity contribution in [3.8, 4) is 5.88 Å². The number of aliphatic hydroxyl groups is 1. The van der Waals surface area contributed by atoms with E-state index in [-0.39, 0.29) is 0 Å². The molecule has 1 N–H and O–H groups in total. The summed E-state index contributed by atoms with van der Waals surface area (Å²) in [6.45, 7) is 7.42. The summed E-state index contributed by atoms with van der Waals surface area (Å²) >= 11 is 0. The molecule has 0 amide bonds. The SMILES string of the molecule is C=Cc1cnc(OC)c(C(c2ccccc2)C(O)(CCN(C)C)c2cccc3ccccc23)c1.CCOC. The van der Waals surface area contributed by atoms with Gasteiger partial charge >= 0.3 is 0 Å². The minimum Gasteiger partial charge on any atom is -0.481 e. The Labute approximate surface area is 227 Å². The van der Waals surface area contributed by atoms with Gasteiger partial charge in [-0.1, -0.05) is 85.5 Å². The highest BCUT2D eigenvalue weighted by atomic mass is 16.5. The molecule has 0 radical (unpaired) electrons. The average Bonchev–Trinajstić information content (AvgIpc) is 2.96. The van der Waals surface area contributed by atoms with Crippen LogP contribution in [0.4, 0.5) is 0 Å². The summed E-state index contributed by atoms with van der Waals surface area (Å²) < 4.78 is 10.3. The van der Waals surface area contributed by atoms with E-state index in [2.05, 4.69) is 51.5 Å². The van der Waals surface area contributed by atoms with E-state index in [1.165, 1.54) is 0 Å². The average molecular weight is 513 g/mol. The van der Waals surface area contributed by atoms with E-state index >= 15 is 0 Å². The predicted octanol–water partition coefficient (Wildman–Crippen LogP) is 6.51. The molecule has 200 valence electrons. The van der Waals surface area contributed by atoms with Gasteiger partial charge in [-0.15, -0.1) is 0 Å². The first kappa shape index (κ1) is 29.1. The van der Waals surface area contributed by atoms with E-state index in [9.17, 15) is 5.11 Å². The van der Waals surface area contributed by atoms with Crippen molar-refractivity contribution in [2.45, 2.75) is 24.9 Å². The molecular formula is C33H40N2O3. The number of methoxy groups -OCH3 is 2. The summed E-state index contributed by atoms with van der Waals surface area (Å²) in [7, 11) is 7.36. The van der Waals surface area contributed by atoms with Crippen molar-refractivity contribution in [2.75, 3.05) is 41.5 Å². The van der Waals surface area contributed by atoms with Crippen LogP contribution in [0.3, 0.4) is 0 Å². The summed E-state index contributed by atoms with van der Waals surface area (Å²) in [6.07, 6.45) is 4.04. The lowest BCUT2D eigenvalue weighted by Gasteiger charge is -2.39. The molecule has 4 rings (SSSR count). The van der Waals surface area contributed by atoms with Crippen LogP contribution in [0.2, 0.25) is 0 Å². The van der Waals surface area contributed by atoms with Crippen molar-refractivity contribution in [3.05, 3.63) is 114 Å². The van der Waals surface area contributed by atoms with Crippen molar-refractivity contribution >= 4 is 16.8 Å². The number of hydrogen-bond acceptors (Lipinski definition) is 5. The molecule has 2 unspecified atom stereocenters. The van der Waals surface area contributed by atoms with Gasteiger partial charge in [0.05, 0.1) is 7.11 Å². The van der Waals surface area contributed by atoms with Crippen molar-refractivity contribution in [2.24, 2.45) is 0 Å². The summed E-state index contributed by atoms with van der Waals surface area (Å²) in [5, 5.41) is 15.0. The Kier molecular flexibility index (Phi) is 10.6. The number of rotatable bonds is 10. The minimum atomic E-state index is -1.23. The lowest BCUT2D eigenvalue weighted by atomic mass is 9.70. The molecule has 1 heterocycles. The molecule has 0 aliphatic carbocycles. The van der Waals surface area contributed by atoms with Gasteiger partial charge in [0.2, 0.25) is 5.88 Å². The van der Waals surface area contributed by atoms with Gasteiger partial charge in [-0.25, -0.2) is 4.98 Å². The fourth-order valence-electron chi connectivity index (χ4n) is 4.76. The molecule has 4 aromatic rings. The smallest absolute Gasteiger partial charge is 0.217 e. The van der Waals surface area contributed by atoms with Crippen LogP contribution in [-0.2, 0) is 10.3 Å². The quantitative estimate of drug-likeness (QED) is 0.262. The molecule has 38 heavy (non-hydrogen) atoms. The lowest BCUT2D eigenvalue weighted by molar-refractivity contribution is 0.00515. The van der Waals surface area contributed by atoms with Gasteiger partial charge < -0.3 is 19.5 Å². The van der Waals surface area contributed by atoms with Gasteiger partial charge in [-0.2, -0.15) is 0 Å². The van der Waals surface area contributed by atoms with Gasteiger partial charge in [0, 0.05) is 37.9 Å². The first-order valence-electron chi connectivity index (χ1n) is 12.9. The molecule has 0 aliphatic heterocycles. The number of aromatic nitrogens is 1. The van der Waals surface area contributed by atoms with Crippen LogP contribution in [0.1, 0.15) is 41.5 Å². The van der Waals surface area contributed by atoms with Gasteiger partial charge in [0.25, 0.3) is 0 Å². The highest BCUT2D eigenvalue weighted by Crippen LogP contribution is 2.48. The molecule has 0 saturated heterocycles. The highest BCUT2D eigenvalue weighted by Gasteiger charge is 2.43. The van der Waals surface area contributed by atoms with E-state index in [0.717, 1.165) is 39.6 Å². The number of nitrogens with zero attached hydrogens (tertiary/aromatic N) is 2. The highest BCUT2D eigenvalue weighted by molar-refractivity contribution is 5.86. The number of ether oxygens (including phenoxy) is 2. The Balaban J connectivity index is 0.000000934. The molecule has 0 saturated carbocycles. The van der Waals surface area contributed by atoms with Crippen LogP contribution in [0.5, 0.6) is 5.88 Å². The zero-order chi connectivity index (χ0) is 27.5. The fraction of sp³-hybridized carbons (Fsp3) is 0.303. The second kappa shape index (κ2) is 13.9.